The highest BCUT2D eigenvalue weighted by Crippen LogP contribution is 2.15. The summed E-state index contributed by atoms with van der Waals surface area (Å²) in [6.07, 6.45) is 1.86. The predicted octanol–water partition coefficient (Wildman–Crippen LogP) is 2.78. The van der Waals surface area contributed by atoms with Crippen molar-refractivity contribution < 1.29 is 9.21 Å². The zero-order valence-electron chi connectivity index (χ0n) is 12.3. The van der Waals surface area contributed by atoms with E-state index in [2.05, 4.69) is 10.3 Å². The molecule has 0 aromatic carbocycles. The number of aryl methyl sites for hydroxylation is 3. The predicted molar refractivity (Wildman–Crippen MR) is 79.3 cm³/mol. The lowest BCUT2D eigenvalue weighted by molar-refractivity contribution is 0.0941. The fourth-order valence-corrected chi connectivity index (χ4v) is 2.42. The van der Waals surface area contributed by atoms with Crippen LogP contribution in [0.15, 0.2) is 34.9 Å². The van der Waals surface area contributed by atoms with E-state index < -0.39 is 0 Å². The Labute approximate surface area is 122 Å². The molecule has 0 radical (unpaired) electrons. The normalized spacial score (nSPS) is 11.0. The second kappa shape index (κ2) is 5.09. The van der Waals surface area contributed by atoms with E-state index in [0.29, 0.717) is 12.2 Å². The average molecular weight is 283 g/mol. The quantitative estimate of drug-likeness (QED) is 0.804. The van der Waals surface area contributed by atoms with Gasteiger partial charge in [-0.2, -0.15) is 0 Å². The number of hydrogen-bond donors (Lipinski definition) is 1. The van der Waals surface area contributed by atoms with Gasteiger partial charge in [0, 0.05) is 6.20 Å². The first-order valence-electron chi connectivity index (χ1n) is 6.84. The molecule has 3 heterocycles. The highest BCUT2D eigenvalue weighted by atomic mass is 16.3. The van der Waals surface area contributed by atoms with Crippen molar-refractivity contribution in [2.75, 3.05) is 0 Å². The SMILES string of the molecule is Cc1ccc(CNC(=O)c2c(C)nc3c(C)cccn23)o1. The highest BCUT2D eigenvalue weighted by molar-refractivity contribution is 5.94. The number of furan rings is 1. The van der Waals surface area contributed by atoms with Gasteiger partial charge in [0.25, 0.3) is 5.91 Å². The molecule has 0 saturated heterocycles. The number of pyridine rings is 1. The van der Waals surface area contributed by atoms with Crippen LogP contribution in [0.25, 0.3) is 5.65 Å². The van der Waals surface area contributed by atoms with E-state index in [0.717, 1.165) is 28.4 Å². The summed E-state index contributed by atoms with van der Waals surface area (Å²) in [5.41, 5.74) is 3.14. The Morgan fingerprint density at radius 1 is 1.29 bits per heavy atom. The molecule has 0 aliphatic heterocycles. The Hall–Kier alpha value is -2.56. The largest absolute Gasteiger partial charge is 0.465 e. The molecule has 0 aliphatic carbocycles. The number of imidazole rings is 1. The Morgan fingerprint density at radius 2 is 2.10 bits per heavy atom. The fraction of sp³-hybridized carbons (Fsp3) is 0.250. The lowest BCUT2D eigenvalue weighted by Crippen LogP contribution is -2.24. The molecule has 21 heavy (non-hydrogen) atoms. The molecular weight excluding hydrogens is 266 g/mol. The third-order valence-corrected chi connectivity index (χ3v) is 3.45. The summed E-state index contributed by atoms with van der Waals surface area (Å²) in [5, 5.41) is 2.87. The summed E-state index contributed by atoms with van der Waals surface area (Å²) in [5.74, 6) is 1.42. The molecule has 0 aliphatic rings. The Bertz CT molecular complexity index is 814. The molecule has 0 bridgehead atoms. The van der Waals surface area contributed by atoms with Gasteiger partial charge in [-0.1, -0.05) is 6.07 Å². The van der Waals surface area contributed by atoms with Gasteiger partial charge in [-0.3, -0.25) is 9.20 Å². The summed E-state index contributed by atoms with van der Waals surface area (Å²) in [6.45, 7) is 6.07. The number of carbonyl (C=O) groups excluding carboxylic acids is 1. The van der Waals surface area contributed by atoms with Gasteiger partial charge in [-0.05, 0) is 44.5 Å². The molecule has 3 rings (SSSR count). The summed E-state index contributed by atoms with van der Waals surface area (Å²) in [7, 11) is 0. The summed E-state index contributed by atoms with van der Waals surface area (Å²) >= 11 is 0. The molecule has 0 atom stereocenters. The van der Waals surface area contributed by atoms with Gasteiger partial charge >= 0.3 is 0 Å². The van der Waals surface area contributed by atoms with Gasteiger partial charge < -0.3 is 9.73 Å². The van der Waals surface area contributed by atoms with Crippen LogP contribution in [0.3, 0.4) is 0 Å². The van der Waals surface area contributed by atoms with Gasteiger partial charge in [-0.25, -0.2) is 4.98 Å². The maximum Gasteiger partial charge on any atom is 0.270 e. The van der Waals surface area contributed by atoms with Gasteiger partial charge in [0.1, 0.15) is 22.9 Å². The molecule has 5 heteroatoms. The smallest absolute Gasteiger partial charge is 0.270 e. The zero-order chi connectivity index (χ0) is 15.0. The van der Waals surface area contributed by atoms with Crippen molar-refractivity contribution in [3.05, 3.63) is 58.9 Å². The van der Waals surface area contributed by atoms with Crippen molar-refractivity contribution in [2.45, 2.75) is 27.3 Å². The van der Waals surface area contributed by atoms with Crippen molar-refractivity contribution in [3.63, 3.8) is 0 Å². The van der Waals surface area contributed by atoms with E-state index in [-0.39, 0.29) is 5.91 Å². The zero-order valence-corrected chi connectivity index (χ0v) is 12.3. The molecule has 3 aromatic rings. The molecule has 3 aromatic heterocycles. The molecule has 1 amide bonds. The van der Waals surface area contributed by atoms with Crippen LogP contribution < -0.4 is 5.32 Å². The Balaban J connectivity index is 1.87. The van der Waals surface area contributed by atoms with Gasteiger partial charge in [0.2, 0.25) is 0 Å². The van der Waals surface area contributed by atoms with E-state index in [1.54, 1.807) is 0 Å². The maximum absolute atomic E-state index is 12.4. The third kappa shape index (κ3) is 2.42. The number of nitrogens with zero attached hydrogens (tertiary/aromatic N) is 2. The first kappa shape index (κ1) is 13.4. The van der Waals surface area contributed by atoms with Crippen molar-refractivity contribution >= 4 is 11.6 Å². The second-order valence-electron chi connectivity index (χ2n) is 5.13. The van der Waals surface area contributed by atoms with Crippen LogP contribution in [0.1, 0.15) is 33.3 Å². The van der Waals surface area contributed by atoms with Crippen LogP contribution >= 0.6 is 0 Å². The maximum atomic E-state index is 12.4. The molecule has 0 fully saturated rings. The van der Waals surface area contributed by atoms with Crippen LogP contribution in [0, 0.1) is 20.8 Å². The van der Waals surface area contributed by atoms with Crippen molar-refractivity contribution in [3.8, 4) is 0 Å². The Kier molecular flexibility index (Phi) is 3.25. The summed E-state index contributed by atoms with van der Waals surface area (Å²) in [6, 6.07) is 7.64. The first-order valence-corrected chi connectivity index (χ1v) is 6.84. The number of carbonyl (C=O) groups is 1. The number of rotatable bonds is 3. The number of amides is 1. The molecular formula is C16H17N3O2. The van der Waals surface area contributed by atoms with Crippen LogP contribution in [0.2, 0.25) is 0 Å². The van der Waals surface area contributed by atoms with Crippen molar-refractivity contribution in [2.24, 2.45) is 0 Å². The average Bonchev–Trinajstić information content (AvgIpc) is 3.00. The van der Waals surface area contributed by atoms with E-state index in [4.69, 9.17) is 4.42 Å². The van der Waals surface area contributed by atoms with E-state index in [1.165, 1.54) is 0 Å². The molecule has 108 valence electrons. The number of nitrogens with one attached hydrogen (secondary N) is 1. The second-order valence-corrected chi connectivity index (χ2v) is 5.13. The van der Waals surface area contributed by atoms with Crippen LogP contribution in [0.5, 0.6) is 0 Å². The minimum absolute atomic E-state index is 0.153. The number of hydrogen-bond acceptors (Lipinski definition) is 3. The summed E-state index contributed by atoms with van der Waals surface area (Å²) < 4.78 is 7.28. The first-order chi connectivity index (χ1) is 10.1. The monoisotopic (exact) mass is 283 g/mol. The lowest BCUT2D eigenvalue weighted by atomic mass is 10.3. The lowest BCUT2D eigenvalue weighted by Gasteiger charge is -2.05. The van der Waals surface area contributed by atoms with E-state index in [9.17, 15) is 4.79 Å². The Morgan fingerprint density at radius 3 is 2.81 bits per heavy atom. The standard InChI is InChI=1S/C16H17N3O2/c1-10-5-4-8-19-14(12(3)18-15(10)19)16(20)17-9-13-7-6-11(2)21-13/h4-8H,9H2,1-3H3,(H,17,20). The minimum atomic E-state index is -0.153. The van der Waals surface area contributed by atoms with Crippen LogP contribution in [-0.4, -0.2) is 15.3 Å². The highest BCUT2D eigenvalue weighted by Gasteiger charge is 2.17. The van der Waals surface area contributed by atoms with E-state index in [1.807, 2.05) is 55.6 Å². The molecule has 5 nitrogen and oxygen atoms in total. The molecule has 0 unspecified atom stereocenters. The van der Waals surface area contributed by atoms with E-state index >= 15 is 0 Å². The van der Waals surface area contributed by atoms with Crippen LogP contribution in [0.4, 0.5) is 0 Å². The topological polar surface area (TPSA) is 59.5 Å². The molecule has 0 spiro atoms. The van der Waals surface area contributed by atoms with Gasteiger partial charge in [0.05, 0.1) is 12.2 Å². The fourth-order valence-electron chi connectivity index (χ4n) is 2.42. The third-order valence-electron chi connectivity index (χ3n) is 3.45. The van der Waals surface area contributed by atoms with Crippen LogP contribution in [-0.2, 0) is 6.54 Å². The molecule has 1 N–H and O–H groups in total. The van der Waals surface area contributed by atoms with Gasteiger partial charge in [-0.15, -0.1) is 0 Å². The number of aromatic nitrogens is 2. The molecule has 0 saturated carbocycles. The van der Waals surface area contributed by atoms with Crippen molar-refractivity contribution in [1.29, 1.82) is 0 Å². The van der Waals surface area contributed by atoms with Crippen molar-refractivity contribution in [1.82, 2.24) is 14.7 Å². The van der Waals surface area contributed by atoms with Gasteiger partial charge in [0.15, 0.2) is 0 Å². The minimum Gasteiger partial charge on any atom is -0.465 e. The number of fused-ring (bicyclic) bond motifs is 1. The summed E-state index contributed by atoms with van der Waals surface area (Å²) in [4.78, 5) is 16.9.